The summed E-state index contributed by atoms with van der Waals surface area (Å²) < 4.78 is 13.2. The Hall–Kier alpha value is -3.28. The smallest absolute Gasteiger partial charge is 0.231 e. The lowest BCUT2D eigenvalue weighted by atomic mass is 9.94. The number of piperidine rings is 1. The number of halogens is 1. The Labute approximate surface area is 181 Å². The Kier molecular flexibility index (Phi) is 5.37. The van der Waals surface area contributed by atoms with Crippen LogP contribution in [0.4, 0.5) is 15.9 Å². The highest BCUT2D eigenvalue weighted by Gasteiger charge is 2.32. The van der Waals surface area contributed by atoms with Crippen LogP contribution in [0, 0.1) is 11.7 Å². The van der Waals surface area contributed by atoms with Gasteiger partial charge in [0, 0.05) is 30.9 Å². The average molecular weight is 417 g/mol. The third kappa shape index (κ3) is 4.02. The van der Waals surface area contributed by atoms with Crippen molar-refractivity contribution in [3.05, 3.63) is 72.0 Å². The van der Waals surface area contributed by atoms with Crippen LogP contribution in [0.25, 0.3) is 11.3 Å². The van der Waals surface area contributed by atoms with E-state index < -0.39 is 0 Å². The molecule has 3 aromatic rings. The Balaban J connectivity index is 1.30. The molecule has 1 atom stereocenters. The van der Waals surface area contributed by atoms with Gasteiger partial charge in [0.25, 0.3) is 0 Å². The fourth-order valence-electron chi connectivity index (χ4n) is 4.64. The maximum Gasteiger partial charge on any atom is 0.231 e. The van der Waals surface area contributed by atoms with Crippen LogP contribution in [0.3, 0.4) is 0 Å². The summed E-state index contributed by atoms with van der Waals surface area (Å²) in [6.07, 6.45) is 3.89. The molecule has 2 aromatic carbocycles. The van der Waals surface area contributed by atoms with Crippen LogP contribution < -0.4 is 9.80 Å². The van der Waals surface area contributed by atoms with Gasteiger partial charge in [0.05, 0.1) is 11.6 Å². The van der Waals surface area contributed by atoms with E-state index in [1.54, 1.807) is 12.1 Å². The second kappa shape index (κ2) is 8.46. The Morgan fingerprint density at radius 3 is 2.58 bits per heavy atom. The number of carbonyl (C=O) groups is 1. The van der Waals surface area contributed by atoms with Crippen LogP contribution in [-0.2, 0) is 11.2 Å². The minimum Gasteiger partial charge on any atom is -0.354 e. The van der Waals surface area contributed by atoms with Crippen molar-refractivity contribution in [1.29, 1.82) is 0 Å². The van der Waals surface area contributed by atoms with Crippen LogP contribution in [0.1, 0.15) is 24.8 Å². The Morgan fingerprint density at radius 1 is 0.935 bits per heavy atom. The molecule has 2 aliphatic heterocycles. The molecule has 5 nitrogen and oxygen atoms in total. The molecule has 158 valence electrons. The van der Waals surface area contributed by atoms with E-state index in [1.165, 1.54) is 17.7 Å². The molecule has 1 aromatic heterocycles. The molecule has 0 bridgehead atoms. The highest BCUT2D eigenvalue weighted by Crippen LogP contribution is 2.31. The van der Waals surface area contributed by atoms with Gasteiger partial charge in [-0.2, -0.15) is 0 Å². The van der Waals surface area contributed by atoms with Gasteiger partial charge in [0.2, 0.25) is 5.91 Å². The normalized spacial score (nSPS) is 18.5. The molecule has 1 amide bonds. The number of aryl methyl sites for hydroxylation is 1. The van der Waals surface area contributed by atoms with E-state index in [0.29, 0.717) is 12.2 Å². The van der Waals surface area contributed by atoms with Crippen molar-refractivity contribution in [2.75, 3.05) is 29.4 Å². The van der Waals surface area contributed by atoms with E-state index in [-0.39, 0.29) is 17.6 Å². The maximum atomic E-state index is 13.4. The van der Waals surface area contributed by atoms with Gasteiger partial charge < -0.3 is 9.80 Å². The molecule has 1 fully saturated rings. The highest BCUT2D eigenvalue weighted by molar-refractivity contribution is 5.96. The zero-order chi connectivity index (χ0) is 21.2. The highest BCUT2D eigenvalue weighted by atomic mass is 19.1. The molecule has 3 heterocycles. The van der Waals surface area contributed by atoms with Crippen molar-refractivity contribution >= 4 is 17.4 Å². The summed E-state index contributed by atoms with van der Waals surface area (Å²) in [5.41, 5.74) is 3.87. The molecule has 0 N–H and O–H groups in total. The predicted molar refractivity (Wildman–Crippen MR) is 119 cm³/mol. The molecule has 0 saturated carbocycles. The molecule has 0 spiro atoms. The van der Waals surface area contributed by atoms with Gasteiger partial charge in [0.15, 0.2) is 5.82 Å². The molecule has 6 heteroatoms. The number of anilines is 2. The average Bonchev–Trinajstić information content (AvgIpc) is 2.84. The first kappa shape index (κ1) is 19.7. The van der Waals surface area contributed by atoms with Gasteiger partial charge in [-0.25, -0.2) is 4.39 Å². The number of para-hydroxylation sites is 1. The Morgan fingerprint density at radius 2 is 1.77 bits per heavy atom. The number of hydrogen-bond acceptors (Lipinski definition) is 4. The monoisotopic (exact) mass is 416 g/mol. The number of nitrogens with zero attached hydrogens (tertiary/aromatic N) is 4. The lowest BCUT2D eigenvalue weighted by Crippen LogP contribution is -2.46. The molecule has 0 aliphatic carbocycles. The number of rotatable bonds is 3. The summed E-state index contributed by atoms with van der Waals surface area (Å²) in [7, 11) is 0. The molecular weight excluding hydrogens is 391 g/mol. The maximum absolute atomic E-state index is 13.4. The van der Waals surface area contributed by atoms with E-state index in [4.69, 9.17) is 0 Å². The minimum absolute atomic E-state index is 0.0431. The van der Waals surface area contributed by atoms with E-state index in [2.05, 4.69) is 27.2 Å². The second-order valence-corrected chi connectivity index (χ2v) is 8.29. The second-order valence-electron chi connectivity index (χ2n) is 8.29. The van der Waals surface area contributed by atoms with E-state index in [0.717, 1.165) is 55.8 Å². The summed E-state index contributed by atoms with van der Waals surface area (Å²) in [4.78, 5) is 17.5. The van der Waals surface area contributed by atoms with Crippen LogP contribution in [0.15, 0.2) is 60.7 Å². The van der Waals surface area contributed by atoms with Gasteiger partial charge in [-0.15, -0.1) is 10.2 Å². The molecule has 1 saturated heterocycles. The van der Waals surface area contributed by atoms with Crippen molar-refractivity contribution in [2.24, 2.45) is 5.92 Å². The van der Waals surface area contributed by atoms with Gasteiger partial charge in [-0.05, 0) is 73.7 Å². The summed E-state index contributed by atoms with van der Waals surface area (Å²) in [6, 6.07) is 18.3. The minimum atomic E-state index is -0.270. The van der Waals surface area contributed by atoms with Crippen LogP contribution in [0.2, 0.25) is 0 Å². The molecule has 2 aliphatic rings. The third-order valence-corrected chi connectivity index (χ3v) is 6.26. The van der Waals surface area contributed by atoms with Crippen molar-refractivity contribution < 1.29 is 9.18 Å². The van der Waals surface area contributed by atoms with E-state index in [1.807, 2.05) is 29.2 Å². The van der Waals surface area contributed by atoms with Crippen LogP contribution in [-0.4, -0.2) is 35.7 Å². The number of benzene rings is 2. The number of hydrogen-bond donors (Lipinski definition) is 0. The third-order valence-electron chi connectivity index (χ3n) is 6.26. The van der Waals surface area contributed by atoms with Crippen molar-refractivity contribution in [1.82, 2.24) is 10.2 Å². The molecule has 5 rings (SSSR count). The van der Waals surface area contributed by atoms with Gasteiger partial charge in [0.1, 0.15) is 5.82 Å². The standard InChI is InChI=1S/C25H25FN4O/c26-21-11-9-18(10-12-21)22-13-14-24(28-27-22)29-15-3-7-20(17-29)25(31)30-16-4-6-19-5-1-2-8-23(19)30/h1-2,5,8-14,20H,3-4,6-7,15-17H2. The summed E-state index contributed by atoms with van der Waals surface area (Å²) in [5, 5.41) is 8.73. The van der Waals surface area contributed by atoms with Gasteiger partial charge >= 0.3 is 0 Å². The largest absolute Gasteiger partial charge is 0.354 e. The van der Waals surface area contributed by atoms with Crippen LogP contribution >= 0.6 is 0 Å². The lowest BCUT2D eigenvalue weighted by Gasteiger charge is -2.37. The van der Waals surface area contributed by atoms with Crippen molar-refractivity contribution in [3.63, 3.8) is 0 Å². The summed E-state index contributed by atoms with van der Waals surface area (Å²) in [6.45, 7) is 2.31. The quantitative estimate of drug-likeness (QED) is 0.632. The van der Waals surface area contributed by atoms with Crippen LogP contribution in [0.5, 0.6) is 0 Å². The molecule has 1 unspecified atom stereocenters. The summed E-state index contributed by atoms with van der Waals surface area (Å²) in [5.74, 6) is 0.683. The first-order chi connectivity index (χ1) is 15.2. The van der Waals surface area contributed by atoms with E-state index >= 15 is 0 Å². The number of amides is 1. The van der Waals surface area contributed by atoms with Crippen molar-refractivity contribution in [2.45, 2.75) is 25.7 Å². The fourth-order valence-corrected chi connectivity index (χ4v) is 4.64. The molecule has 0 radical (unpaired) electrons. The number of fused-ring (bicyclic) bond motifs is 1. The topological polar surface area (TPSA) is 49.3 Å². The lowest BCUT2D eigenvalue weighted by molar-refractivity contribution is -0.122. The SMILES string of the molecule is O=C(C1CCCN(c2ccc(-c3ccc(F)cc3)nn2)C1)N1CCCc2ccccc21. The van der Waals surface area contributed by atoms with Crippen molar-refractivity contribution in [3.8, 4) is 11.3 Å². The van der Waals surface area contributed by atoms with E-state index in [9.17, 15) is 9.18 Å². The zero-order valence-electron chi connectivity index (χ0n) is 17.4. The predicted octanol–water partition coefficient (Wildman–Crippen LogP) is 4.48. The fraction of sp³-hybridized carbons (Fsp3) is 0.320. The summed E-state index contributed by atoms with van der Waals surface area (Å²) >= 11 is 0. The van der Waals surface area contributed by atoms with Gasteiger partial charge in [-0.3, -0.25) is 4.79 Å². The Bertz CT molecular complexity index is 1070. The molecule has 31 heavy (non-hydrogen) atoms. The first-order valence-electron chi connectivity index (χ1n) is 10.9. The molecular formula is C25H25FN4O. The number of carbonyl (C=O) groups excluding carboxylic acids is 1. The first-order valence-corrected chi connectivity index (χ1v) is 10.9. The number of aromatic nitrogens is 2. The van der Waals surface area contributed by atoms with Gasteiger partial charge in [-0.1, -0.05) is 18.2 Å². The zero-order valence-corrected chi connectivity index (χ0v) is 17.4.